The van der Waals surface area contributed by atoms with E-state index in [1.807, 2.05) is 38.1 Å². The summed E-state index contributed by atoms with van der Waals surface area (Å²) >= 11 is 1.37. The minimum absolute atomic E-state index is 0.0271. The number of aromatic nitrogens is 2. The molecule has 0 aliphatic carbocycles. The van der Waals surface area contributed by atoms with Crippen LogP contribution >= 0.6 is 11.8 Å². The Morgan fingerprint density at radius 2 is 2.04 bits per heavy atom. The Balaban J connectivity index is 2.09. The van der Waals surface area contributed by atoms with Crippen molar-refractivity contribution >= 4 is 34.5 Å². The minimum atomic E-state index is -0.444. The third kappa shape index (κ3) is 5.06. The average molecular weight is 363 g/mol. The van der Waals surface area contributed by atoms with Gasteiger partial charge in [-0.05, 0) is 25.0 Å². The van der Waals surface area contributed by atoms with Crippen molar-refractivity contribution in [1.82, 2.24) is 14.9 Å². The first-order valence-electron chi connectivity index (χ1n) is 8.30. The predicted octanol–water partition coefficient (Wildman–Crippen LogP) is 2.50. The smallest absolute Gasteiger partial charge is 0.231 e. The van der Waals surface area contributed by atoms with Gasteiger partial charge in [-0.15, -0.1) is 0 Å². The van der Waals surface area contributed by atoms with E-state index in [2.05, 4.69) is 14.9 Å². The Kier molecular flexibility index (Phi) is 7.01. The molecule has 1 atom stereocenters. The molecule has 0 saturated carbocycles. The van der Waals surface area contributed by atoms with Crippen LogP contribution in [0.4, 0.5) is 0 Å². The highest BCUT2D eigenvalue weighted by Gasteiger charge is 2.21. The van der Waals surface area contributed by atoms with Crippen molar-refractivity contribution in [2.45, 2.75) is 38.5 Å². The number of imidazole rings is 1. The second-order valence-electron chi connectivity index (χ2n) is 6.22. The van der Waals surface area contributed by atoms with Crippen molar-refractivity contribution in [2.24, 2.45) is 5.92 Å². The maximum atomic E-state index is 12.2. The van der Waals surface area contributed by atoms with Gasteiger partial charge in [-0.25, -0.2) is 4.98 Å². The first kappa shape index (κ1) is 19.5. The van der Waals surface area contributed by atoms with Crippen LogP contribution in [-0.4, -0.2) is 46.8 Å². The normalized spacial score (nSPS) is 12.5. The lowest BCUT2D eigenvalue weighted by Crippen LogP contribution is -2.44. The van der Waals surface area contributed by atoms with Gasteiger partial charge < -0.3 is 14.6 Å². The lowest BCUT2D eigenvalue weighted by molar-refractivity contribution is -0.126. The van der Waals surface area contributed by atoms with E-state index in [1.165, 1.54) is 18.7 Å². The Labute approximate surface area is 152 Å². The van der Waals surface area contributed by atoms with Gasteiger partial charge in [0, 0.05) is 13.7 Å². The van der Waals surface area contributed by atoms with E-state index < -0.39 is 6.04 Å². The van der Waals surface area contributed by atoms with Crippen molar-refractivity contribution in [3.63, 3.8) is 0 Å². The number of amides is 1. The monoisotopic (exact) mass is 363 g/mol. The van der Waals surface area contributed by atoms with Crippen LogP contribution in [0.5, 0.6) is 0 Å². The Morgan fingerprint density at radius 3 is 2.68 bits per heavy atom. The third-order valence-corrected chi connectivity index (χ3v) is 4.87. The molecule has 0 fully saturated rings. The van der Waals surface area contributed by atoms with Gasteiger partial charge in [-0.3, -0.25) is 9.59 Å². The van der Waals surface area contributed by atoms with E-state index in [1.54, 1.807) is 7.11 Å². The molecule has 1 aromatic heterocycles. The summed E-state index contributed by atoms with van der Waals surface area (Å²) in [6, 6.07) is 7.42. The molecule has 2 rings (SSSR count). The van der Waals surface area contributed by atoms with E-state index in [-0.39, 0.29) is 23.4 Å². The summed E-state index contributed by atoms with van der Waals surface area (Å²) < 4.78 is 7.23. The summed E-state index contributed by atoms with van der Waals surface area (Å²) in [7, 11) is 1.66. The molecular weight excluding hydrogens is 338 g/mol. The molecule has 25 heavy (non-hydrogen) atoms. The zero-order chi connectivity index (χ0) is 18.4. The quantitative estimate of drug-likeness (QED) is 0.693. The number of carbonyl (C=O) groups excluding carboxylic acids is 2. The van der Waals surface area contributed by atoms with Gasteiger partial charge in [0.2, 0.25) is 5.91 Å². The highest BCUT2D eigenvalue weighted by molar-refractivity contribution is 7.99. The highest BCUT2D eigenvalue weighted by atomic mass is 32.2. The molecule has 1 amide bonds. The zero-order valence-electron chi connectivity index (χ0n) is 15.1. The summed E-state index contributed by atoms with van der Waals surface area (Å²) in [5.74, 6) is 0.0925. The molecule has 0 aliphatic heterocycles. The molecule has 1 N–H and O–H groups in total. The van der Waals surface area contributed by atoms with Crippen LogP contribution in [0.3, 0.4) is 0 Å². The Hall–Kier alpha value is -1.86. The molecule has 6 nitrogen and oxygen atoms in total. The molecule has 0 spiro atoms. The van der Waals surface area contributed by atoms with Crippen molar-refractivity contribution < 1.29 is 14.3 Å². The number of thioether (sulfide) groups is 1. The Bertz CT molecular complexity index is 742. The third-order valence-electron chi connectivity index (χ3n) is 3.89. The fourth-order valence-electron chi connectivity index (χ4n) is 2.65. The van der Waals surface area contributed by atoms with Crippen molar-refractivity contribution in [1.29, 1.82) is 0 Å². The fourth-order valence-corrected chi connectivity index (χ4v) is 3.50. The molecular formula is C18H25N3O3S. The molecule has 1 unspecified atom stereocenters. The summed E-state index contributed by atoms with van der Waals surface area (Å²) in [6.07, 6.45) is 0. The van der Waals surface area contributed by atoms with Crippen LogP contribution in [0, 0.1) is 5.92 Å². The number of ketones is 1. The van der Waals surface area contributed by atoms with Crippen molar-refractivity contribution in [2.75, 3.05) is 19.5 Å². The van der Waals surface area contributed by atoms with Crippen LogP contribution in [0.15, 0.2) is 29.4 Å². The number of benzene rings is 1. The lowest BCUT2D eigenvalue weighted by atomic mass is 10.0. The molecule has 2 aromatic rings. The van der Waals surface area contributed by atoms with Gasteiger partial charge in [0.15, 0.2) is 10.9 Å². The first-order chi connectivity index (χ1) is 11.9. The van der Waals surface area contributed by atoms with Gasteiger partial charge in [0.05, 0.1) is 29.4 Å². The largest absolute Gasteiger partial charge is 0.383 e. The number of nitrogens with zero attached hydrogens (tertiary/aromatic N) is 2. The van der Waals surface area contributed by atoms with E-state index in [4.69, 9.17) is 4.74 Å². The van der Waals surface area contributed by atoms with E-state index in [0.717, 1.165) is 16.2 Å². The average Bonchev–Trinajstić information content (AvgIpc) is 2.93. The minimum Gasteiger partial charge on any atom is -0.383 e. The molecule has 1 heterocycles. The van der Waals surface area contributed by atoms with Gasteiger partial charge in [-0.2, -0.15) is 0 Å². The van der Waals surface area contributed by atoms with Crippen molar-refractivity contribution in [3.8, 4) is 0 Å². The maximum Gasteiger partial charge on any atom is 0.231 e. The van der Waals surface area contributed by atoms with E-state index in [0.29, 0.717) is 13.2 Å². The van der Waals surface area contributed by atoms with Gasteiger partial charge in [0.1, 0.15) is 0 Å². The number of hydrogen-bond donors (Lipinski definition) is 1. The number of fused-ring (bicyclic) bond motifs is 1. The molecule has 0 aliphatic rings. The first-order valence-corrected chi connectivity index (χ1v) is 9.29. The standard InChI is InChI=1S/C18H25N3O3S/c1-12(2)17(13(3)22)20-16(23)11-25-18-19-14-7-5-6-8-15(14)21(18)9-10-24-4/h5-8,12,17H,9-11H2,1-4H3,(H,20,23). The highest BCUT2D eigenvalue weighted by Crippen LogP contribution is 2.24. The van der Waals surface area contributed by atoms with Crippen LogP contribution in [0.2, 0.25) is 0 Å². The number of Topliss-reactive ketones (excluding diaryl/α,β-unsaturated/α-hetero) is 1. The Morgan fingerprint density at radius 1 is 1.32 bits per heavy atom. The predicted molar refractivity (Wildman–Crippen MR) is 99.8 cm³/mol. The van der Waals surface area contributed by atoms with Crippen LogP contribution < -0.4 is 5.32 Å². The van der Waals surface area contributed by atoms with Gasteiger partial charge in [-0.1, -0.05) is 37.7 Å². The summed E-state index contributed by atoms with van der Waals surface area (Å²) in [6.45, 7) is 6.58. The number of rotatable bonds is 9. The van der Waals surface area contributed by atoms with Gasteiger partial charge in [0.25, 0.3) is 0 Å². The molecule has 1 aromatic carbocycles. The SMILES string of the molecule is COCCn1c(SCC(=O)NC(C(C)=O)C(C)C)nc2ccccc21. The van der Waals surface area contributed by atoms with Crippen LogP contribution in [0.1, 0.15) is 20.8 Å². The second kappa shape index (κ2) is 9.01. The summed E-state index contributed by atoms with van der Waals surface area (Å²) in [4.78, 5) is 28.5. The summed E-state index contributed by atoms with van der Waals surface area (Å²) in [5, 5.41) is 3.59. The number of hydrogen-bond acceptors (Lipinski definition) is 5. The maximum absolute atomic E-state index is 12.2. The van der Waals surface area contributed by atoms with E-state index >= 15 is 0 Å². The van der Waals surface area contributed by atoms with Crippen molar-refractivity contribution in [3.05, 3.63) is 24.3 Å². The van der Waals surface area contributed by atoms with Gasteiger partial charge >= 0.3 is 0 Å². The number of carbonyl (C=O) groups is 2. The topological polar surface area (TPSA) is 73.2 Å². The van der Waals surface area contributed by atoms with Crippen LogP contribution in [0.25, 0.3) is 11.0 Å². The number of nitrogens with one attached hydrogen (secondary N) is 1. The molecule has 0 radical (unpaired) electrons. The lowest BCUT2D eigenvalue weighted by Gasteiger charge is -2.19. The van der Waals surface area contributed by atoms with E-state index in [9.17, 15) is 9.59 Å². The molecule has 7 heteroatoms. The summed E-state index contributed by atoms with van der Waals surface area (Å²) in [5.41, 5.74) is 1.91. The number of para-hydroxylation sites is 2. The molecule has 0 bridgehead atoms. The van der Waals surface area contributed by atoms with Crippen LogP contribution in [-0.2, 0) is 20.9 Å². The second-order valence-corrected chi connectivity index (χ2v) is 7.16. The number of ether oxygens (including phenoxy) is 1. The number of methoxy groups -OCH3 is 1. The fraction of sp³-hybridized carbons (Fsp3) is 0.500. The zero-order valence-corrected chi connectivity index (χ0v) is 15.9. The molecule has 136 valence electrons. The molecule has 0 saturated heterocycles.